The molecule has 0 saturated heterocycles. The molecule has 0 saturated carbocycles. The van der Waals surface area contributed by atoms with Crippen molar-refractivity contribution in [3.63, 3.8) is 0 Å². The summed E-state index contributed by atoms with van der Waals surface area (Å²) in [6, 6.07) is 5.78. The molecule has 0 aromatic heterocycles. The predicted octanol–water partition coefficient (Wildman–Crippen LogP) is 1.78. The van der Waals surface area contributed by atoms with Gasteiger partial charge in [0.05, 0.1) is 7.11 Å². The van der Waals surface area contributed by atoms with Gasteiger partial charge in [0.1, 0.15) is 5.75 Å². The summed E-state index contributed by atoms with van der Waals surface area (Å²) in [6.45, 7) is 4.31. The monoisotopic (exact) mass is 272 g/mol. The van der Waals surface area contributed by atoms with Crippen molar-refractivity contribution in [1.29, 1.82) is 0 Å². The first kappa shape index (κ1) is 16.7. The van der Waals surface area contributed by atoms with E-state index in [9.17, 15) is 4.79 Å². The lowest BCUT2D eigenvalue weighted by Gasteiger charge is -2.09. The quantitative estimate of drug-likeness (QED) is 0.859. The minimum Gasteiger partial charge on any atom is -0.497 e. The third-order valence-corrected chi connectivity index (χ3v) is 2.34. The van der Waals surface area contributed by atoms with Crippen molar-refractivity contribution in [2.24, 2.45) is 5.73 Å². The third kappa shape index (κ3) is 5.89. The van der Waals surface area contributed by atoms with E-state index in [1.807, 2.05) is 32.0 Å². The molecule has 0 radical (unpaired) electrons. The van der Waals surface area contributed by atoms with Crippen molar-refractivity contribution in [2.75, 3.05) is 7.11 Å². The Morgan fingerprint density at radius 3 is 2.67 bits per heavy atom. The lowest BCUT2D eigenvalue weighted by Crippen LogP contribution is -2.29. The molecular weight excluding hydrogens is 252 g/mol. The molecule has 0 heterocycles. The smallest absolute Gasteiger partial charge is 0.221 e. The number of nitrogens with one attached hydrogen (secondary N) is 1. The number of carbonyl (C=O) groups excluding carboxylic acids is 1. The molecule has 1 amide bonds. The Bertz CT molecular complexity index is 395. The summed E-state index contributed by atoms with van der Waals surface area (Å²) in [6.07, 6.45) is 0.350. The molecule has 102 valence electrons. The molecule has 0 spiro atoms. The highest BCUT2D eigenvalue weighted by atomic mass is 35.5. The van der Waals surface area contributed by atoms with Gasteiger partial charge in [0.2, 0.25) is 5.91 Å². The van der Waals surface area contributed by atoms with Gasteiger partial charge < -0.3 is 15.8 Å². The number of hydrogen-bond acceptors (Lipinski definition) is 3. The van der Waals surface area contributed by atoms with Crippen LogP contribution in [0, 0.1) is 6.92 Å². The summed E-state index contributed by atoms with van der Waals surface area (Å²) in [4.78, 5) is 11.4. The van der Waals surface area contributed by atoms with E-state index >= 15 is 0 Å². The van der Waals surface area contributed by atoms with Crippen LogP contribution in [0.15, 0.2) is 18.2 Å². The predicted molar refractivity (Wildman–Crippen MR) is 75.1 cm³/mol. The largest absolute Gasteiger partial charge is 0.497 e. The van der Waals surface area contributed by atoms with E-state index in [-0.39, 0.29) is 24.4 Å². The van der Waals surface area contributed by atoms with Crippen LogP contribution in [0.5, 0.6) is 5.75 Å². The lowest BCUT2D eigenvalue weighted by molar-refractivity contribution is -0.121. The highest BCUT2D eigenvalue weighted by molar-refractivity contribution is 5.85. The molecule has 0 aliphatic heterocycles. The van der Waals surface area contributed by atoms with Crippen molar-refractivity contribution in [2.45, 2.75) is 32.9 Å². The number of halogens is 1. The number of aryl methyl sites for hydroxylation is 1. The second-order valence-electron chi connectivity index (χ2n) is 4.32. The molecule has 0 bridgehead atoms. The second-order valence-corrected chi connectivity index (χ2v) is 4.32. The van der Waals surface area contributed by atoms with E-state index in [0.717, 1.165) is 16.9 Å². The maximum absolute atomic E-state index is 11.4. The zero-order valence-corrected chi connectivity index (χ0v) is 11.8. The van der Waals surface area contributed by atoms with Gasteiger partial charge in [-0.05, 0) is 37.1 Å². The molecule has 3 N–H and O–H groups in total. The van der Waals surface area contributed by atoms with Crippen LogP contribution in [0.2, 0.25) is 0 Å². The Morgan fingerprint density at radius 1 is 1.44 bits per heavy atom. The summed E-state index contributed by atoms with van der Waals surface area (Å²) >= 11 is 0. The Labute approximate surface area is 114 Å². The number of rotatable bonds is 5. The van der Waals surface area contributed by atoms with Crippen LogP contribution in [-0.2, 0) is 11.3 Å². The Kier molecular flexibility index (Phi) is 7.39. The van der Waals surface area contributed by atoms with E-state index in [0.29, 0.717) is 13.0 Å². The van der Waals surface area contributed by atoms with E-state index in [1.165, 1.54) is 0 Å². The zero-order valence-electron chi connectivity index (χ0n) is 11.0. The molecule has 1 unspecified atom stereocenters. The minimum atomic E-state index is -0.109. The van der Waals surface area contributed by atoms with Crippen LogP contribution in [0.3, 0.4) is 0 Å². The van der Waals surface area contributed by atoms with Gasteiger partial charge >= 0.3 is 0 Å². The molecule has 1 atom stereocenters. The SMILES string of the molecule is COc1cc(C)cc(CNC(=O)CC(C)N)c1.Cl. The fourth-order valence-electron chi connectivity index (χ4n) is 1.61. The summed E-state index contributed by atoms with van der Waals surface area (Å²) in [7, 11) is 1.63. The highest BCUT2D eigenvalue weighted by Gasteiger charge is 2.05. The number of carbonyl (C=O) groups is 1. The fraction of sp³-hybridized carbons (Fsp3) is 0.462. The molecule has 18 heavy (non-hydrogen) atoms. The Balaban J connectivity index is 0.00000289. The first-order chi connectivity index (χ1) is 8.01. The van der Waals surface area contributed by atoms with Gasteiger partial charge in [0.25, 0.3) is 0 Å². The topological polar surface area (TPSA) is 64.3 Å². The number of methoxy groups -OCH3 is 1. The molecular formula is C13H21ClN2O2. The maximum Gasteiger partial charge on any atom is 0.221 e. The van der Waals surface area contributed by atoms with E-state index in [1.54, 1.807) is 7.11 Å². The standard InChI is InChI=1S/C13H20N2O2.ClH/c1-9-4-11(7-12(5-9)17-3)8-15-13(16)6-10(2)14;/h4-5,7,10H,6,8,14H2,1-3H3,(H,15,16);1H. The van der Waals surface area contributed by atoms with Crippen molar-refractivity contribution < 1.29 is 9.53 Å². The molecule has 1 rings (SSSR count). The van der Waals surface area contributed by atoms with Gasteiger partial charge in [-0.25, -0.2) is 0 Å². The first-order valence-corrected chi connectivity index (χ1v) is 5.68. The highest BCUT2D eigenvalue weighted by Crippen LogP contribution is 2.16. The maximum atomic E-state index is 11.4. The molecule has 0 fully saturated rings. The Morgan fingerprint density at radius 2 is 2.11 bits per heavy atom. The van der Waals surface area contributed by atoms with Crippen LogP contribution in [0.1, 0.15) is 24.5 Å². The minimum absolute atomic E-state index is 0. The summed E-state index contributed by atoms with van der Waals surface area (Å²) in [5, 5.41) is 2.83. The summed E-state index contributed by atoms with van der Waals surface area (Å²) in [5.41, 5.74) is 7.69. The average molecular weight is 273 g/mol. The molecule has 5 heteroatoms. The third-order valence-electron chi connectivity index (χ3n) is 2.34. The number of hydrogen-bond donors (Lipinski definition) is 2. The zero-order chi connectivity index (χ0) is 12.8. The van der Waals surface area contributed by atoms with Crippen LogP contribution < -0.4 is 15.8 Å². The molecule has 1 aromatic carbocycles. The van der Waals surface area contributed by atoms with Gasteiger partial charge in [-0.3, -0.25) is 4.79 Å². The van der Waals surface area contributed by atoms with Gasteiger partial charge in [0, 0.05) is 19.0 Å². The van der Waals surface area contributed by atoms with Crippen LogP contribution in [0.4, 0.5) is 0 Å². The second kappa shape index (κ2) is 7.95. The van der Waals surface area contributed by atoms with Crippen LogP contribution in [-0.4, -0.2) is 19.1 Å². The van der Waals surface area contributed by atoms with E-state index in [2.05, 4.69) is 5.32 Å². The number of ether oxygens (including phenoxy) is 1. The van der Waals surface area contributed by atoms with Crippen molar-refractivity contribution in [1.82, 2.24) is 5.32 Å². The van der Waals surface area contributed by atoms with Gasteiger partial charge in [0.15, 0.2) is 0 Å². The van der Waals surface area contributed by atoms with Crippen LogP contribution in [0.25, 0.3) is 0 Å². The van der Waals surface area contributed by atoms with Crippen molar-refractivity contribution in [3.05, 3.63) is 29.3 Å². The lowest BCUT2D eigenvalue weighted by atomic mass is 10.1. The molecule has 4 nitrogen and oxygen atoms in total. The summed E-state index contributed by atoms with van der Waals surface area (Å²) < 4.78 is 5.17. The number of benzene rings is 1. The number of nitrogens with two attached hydrogens (primary N) is 1. The fourth-order valence-corrected chi connectivity index (χ4v) is 1.61. The average Bonchev–Trinajstić information content (AvgIpc) is 2.24. The molecule has 1 aromatic rings. The summed E-state index contributed by atoms with van der Waals surface area (Å²) in [5.74, 6) is 0.780. The van der Waals surface area contributed by atoms with Crippen molar-refractivity contribution in [3.8, 4) is 5.75 Å². The van der Waals surface area contributed by atoms with Crippen molar-refractivity contribution >= 4 is 18.3 Å². The Hall–Kier alpha value is -1.26. The molecule has 0 aliphatic rings. The normalized spacial score (nSPS) is 11.3. The van der Waals surface area contributed by atoms with Crippen LogP contribution >= 0.6 is 12.4 Å². The van der Waals surface area contributed by atoms with Gasteiger partial charge in [-0.2, -0.15) is 0 Å². The first-order valence-electron chi connectivity index (χ1n) is 5.68. The molecule has 0 aliphatic carbocycles. The van der Waals surface area contributed by atoms with Gasteiger partial charge in [-0.1, -0.05) is 6.07 Å². The number of amides is 1. The van der Waals surface area contributed by atoms with E-state index in [4.69, 9.17) is 10.5 Å². The van der Waals surface area contributed by atoms with E-state index < -0.39 is 0 Å². The van der Waals surface area contributed by atoms with Gasteiger partial charge in [-0.15, -0.1) is 12.4 Å².